The van der Waals surface area contributed by atoms with Crippen molar-refractivity contribution in [1.82, 2.24) is 19.2 Å². The van der Waals surface area contributed by atoms with Gasteiger partial charge in [0, 0.05) is 23.9 Å². The van der Waals surface area contributed by atoms with Crippen LogP contribution in [0, 0.1) is 13.8 Å². The van der Waals surface area contributed by atoms with Crippen molar-refractivity contribution in [3.63, 3.8) is 0 Å². The molecule has 0 spiro atoms. The zero-order chi connectivity index (χ0) is 19.0. The summed E-state index contributed by atoms with van der Waals surface area (Å²) in [6, 6.07) is 16.1. The fourth-order valence-electron chi connectivity index (χ4n) is 3.06. The van der Waals surface area contributed by atoms with Gasteiger partial charge in [0.1, 0.15) is 5.65 Å². The number of fused-ring (bicyclic) bond motifs is 1. The Morgan fingerprint density at radius 3 is 2.63 bits per heavy atom. The molecule has 4 rings (SSSR count). The van der Waals surface area contributed by atoms with Crippen LogP contribution in [0.1, 0.15) is 16.8 Å². The van der Waals surface area contributed by atoms with Gasteiger partial charge in [-0.25, -0.2) is 9.67 Å². The maximum atomic E-state index is 12.3. The first-order valence-corrected chi connectivity index (χ1v) is 8.64. The summed E-state index contributed by atoms with van der Waals surface area (Å²) in [5.74, 6) is 0. The number of aromatic nitrogens is 4. The summed E-state index contributed by atoms with van der Waals surface area (Å²) in [7, 11) is 0. The Balaban J connectivity index is 1.78. The standard InChI is InChI=1S/C21H18N4O2/c1-14-6-7-15(2)17(11-14)18-8-9-20(26)25(23-18)13-16-12-21(27)24-10-4-3-5-19(24)22-16/h3-12H,13H2,1-2H3. The third-order valence-corrected chi connectivity index (χ3v) is 4.47. The Labute approximate surface area is 155 Å². The van der Waals surface area contributed by atoms with E-state index in [2.05, 4.69) is 10.1 Å². The van der Waals surface area contributed by atoms with E-state index < -0.39 is 0 Å². The molecule has 6 heteroatoms. The Kier molecular flexibility index (Phi) is 4.16. The quantitative estimate of drug-likeness (QED) is 0.564. The van der Waals surface area contributed by atoms with Gasteiger partial charge in [0.2, 0.25) is 0 Å². The van der Waals surface area contributed by atoms with E-state index in [0.717, 1.165) is 16.7 Å². The topological polar surface area (TPSA) is 69.3 Å². The summed E-state index contributed by atoms with van der Waals surface area (Å²) in [6.07, 6.45) is 1.67. The Bertz CT molecular complexity index is 1270. The third kappa shape index (κ3) is 3.29. The fourth-order valence-corrected chi connectivity index (χ4v) is 3.06. The van der Waals surface area contributed by atoms with Gasteiger partial charge in [-0.15, -0.1) is 0 Å². The van der Waals surface area contributed by atoms with Crippen LogP contribution in [0.5, 0.6) is 0 Å². The summed E-state index contributed by atoms with van der Waals surface area (Å²) in [6.45, 7) is 4.17. The number of nitrogens with zero attached hydrogens (tertiary/aromatic N) is 4. The van der Waals surface area contributed by atoms with Gasteiger partial charge in [-0.1, -0.05) is 23.8 Å². The van der Waals surface area contributed by atoms with Crippen LogP contribution in [0.15, 0.2) is 70.4 Å². The van der Waals surface area contributed by atoms with Crippen molar-refractivity contribution in [2.75, 3.05) is 0 Å². The molecule has 134 valence electrons. The monoisotopic (exact) mass is 358 g/mol. The van der Waals surface area contributed by atoms with Crippen molar-refractivity contribution < 1.29 is 0 Å². The molecule has 0 saturated heterocycles. The van der Waals surface area contributed by atoms with E-state index in [1.807, 2.05) is 38.1 Å². The van der Waals surface area contributed by atoms with Gasteiger partial charge in [0.05, 0.1) is 17.9 Å². The van der Waals surface area contributed by atoms with Crippen LogP contribution in [-0.2, 0) is 6.54 Å². The van der Waals surface area contributed by atoms with E-state index in [0.29, 0.717) is 17.0 Å². The molecule has 0 N–H and O–H groups in total. The lowest BCUT2D eigenvalue weighted by Gasteiger charge is -2.10. The van der Waals surface area contributed by atoms with Gasteiger partial charge >= 0.3 is 0 Å². The number of benzene rings is 1. The molecule has 3 aromatic heterocycles. The van der Waals surface area contributed by atoms with Gasteiger partial charge in [-0.05, 0) is 43.7 Å². The molecule has 0 fully saturated rings. The number of hydrogen-bond donors (Lipinski definition) is 0. The minimum absolute atomic E-state index is 0.137. The second kappa shape index (κ2) is 6.64. The molecule has 0 aliphatic heterocycles. The average Bonchev–Trinajstić information content (AvgIpc) is 2.66. The van der Waals surface area contributed by atoms with E-state index in [1.165, 1.54) is 21.2 Å². The highest BCUT2D eigenvalue weighted by Crippen LogP contribution is 2.21. The molecule has 0 saturated carbocycles. The van der Waals surface area contributed by atoms with E-state index in [1.54, 1.807) is 24.4 Å². The molecular formula is C21H18N4O2. The van der Waals surface area contributed by atoms with Crippen LogP contribution < -0.4 is 11.1 Å². The summed E-state index contributed by atoms with van der Waals surface area (Å²) in [5, 5.41) is 4.50. The second-order valence-electron chi connectivity index (χ2n) is 6.55. The molecule has 0 aliphatic rings. The van der Waals surface area contributed by atoms with Gasteiger partial charge in [-0.2, -0.15) is 5.10 Å². The number of hydrogen-bond acceptors (Lipinski definition) is 4. The maximum absolute atomic E-state index is 12.3. The van der Waals surface area contributed by atoms with Crippen LogP contribution in [0.4, 0.5) is 0 Å². The van der Waals surface area contributed by atoms with E-state index in [-0.39, 0.29) is 17.7 Å². The molecule has 0 atom stereocenters. The zero-order valence-electron chi connectivity index (χ0n) is 15.1. The summed E-state index contributed by atoms with van der Waals surface area (Å²) in [5.41, 5.74) is 4.52. The normalized spacial score (nSPS) is 11.0. The van der Waals surface area contributed by atoms with Crippen molar-refractivity contribution in [2.24, 2.45) is 0 Å². The number of rotatable bonds is 3. The third-order valence-electron chi connectivity index (χ3n) is 4.47. The van der Waals surface area contributed by atoms with E-state index in [9.17, 15) is 9.59 Å². The highest BCUT2D eigenvalue weighted by molar-refractivity contribution is 5.63. The van der Waals surface area contributed by atoms with Crippen LogP contribution in [-0.4, -0.2) is 19.2 Å². The van der Waals surface area contributed by atoms with Gasteiger partial charge in [-0.3, -0.25) is 14.0 Å². The SMILES string of the molecule is Cc1ccc(C)c(-c2ccc(=O)n(Cc3cc(=O)n4ccccc4n3)n2)c1. The molecule has 6 nitrogen and oxygen atoms in total. The molecule has 0 radical (unpaired) electrons. The lowest BCUT2D eigenvalue weighted by Crippen LogP contribution is -2.25. The lowest BCUT2D eigenvalue weighted by atomic mass is 10.0. The molecule has 4 aromatic rings. The first-order valence-electron chi connectivity index (χ1n) is 8.64. The van der Waals surface area contributed by atoms with Crippen molar-refractivity contribution in [1.29, 1.82) is 0 Å². The van der Waals surface area contributed by atoms with E-state index >= 15 is 0 Å². The Hall–Kier alpha value is -3.54. The van der Waals surface area contributed by atoms with E-state index in [4.69, 9.17) is 0 Å². The van der Waals surface area contributed by atoms with Crippen LogP contribution >= 0.6 is 0 Å². The number of aryl methyl sites for hydroxylation is 2. The Morgan fingerprint density at radius 1 is 0.926 bits per heavy atom. The molecule has 0 bridgehead atoms. The first kappa shape index (κ1) is 16.9. The average molecular weight is 358 g/mol. The predicted molar refractivity (Wildman–Crippen MR) is 104 cm³/mol. The zero-order valence-corrected chi connectivity index (χ0v) is 15.1. The molecule has 3 heterocycles. The smallest absolute Gasteiger partial charge is 0.267 e. The van der Waals surface area contributed by atoms with Crippen molar-refractivity contribution >= 4 is 5.65 Å². The summed E-state index contributed by atoms with van der Waals surface area (Å²) in [4.78, 5) is 29.0. The minimum atomic E-state index is -0.237. The lowest BCUT2D eigenvalue weighted by molar-refractivity contribution is 0.630. The van der Waals surface area contributed by atoms with Gasteiger partial charge < -0.3 is 0 Å². The first-order chi connectivity index (χ1) is 13.0. The van der Waals surface area contributed by atoms with Crippen LogP contribution in [0.3, 0.4) is 0 Å². The minimum Gasteiger partial charge on any atom is -0.269 e. The largest absolute Gasteiger partial charge is 0.269 e. The van der Waals surface area contributed by atoms with Gasteiger partial charge in [0.25, 0.3) is 11.1 Å². The summed E-state index contributed by atoms with van der Waals surface area (Å²) >= 11 is 0. The summed E-state index contributed by atoms with van der Waals surface area (Å²) < 4.78 is 2.81. The maximum Gasteiger partial charge on any atom is 0.267 e. The number of pyridine rings is 1. The molecule has 1 aromatic carbocycles. The molecule has 0 amide bonds. The molecule has 27 heavy (non-hydrogen) atoms. The Morgan fingerprint density at radius 2 is 1.78 bits per heavy atom. The van der Waals surface area contributed by atoms with Crippen LogP contribution in [0.2, 0.25) is 0 Å². The van der Waals surface area contributed by atoms with Crippen molar-refractivity contribution in [3.05, 3.63) is 98.3 Å². The molecule has 0 unspecified atom stereocenters. The van der Waals surface area contributed by atoms with Crippen LogP contribution in [0.25, 0.3) is 16.9 Å². The van der Waals surface area contributed by atoms with Crippen molar-refractivity contribution in [3.8, 4) is 11.3 Å². The highest BCUT2D eigenvalue weighted by atomic mass is 16.1. The predicted octanol–water partition coefficient (Wildman–Crippen LogP) is 2.58. The molecular weight excluding hydrogens is 340 g/mol. The second-order valence-corrected chi connectivity index (χ2v) is 6.55. The van der Waals surface area contributed by atoms with Gasteiger partial charge in [0.15, 0.2) is 0 Å². The van der Waals surface area contributed by atoms with Crippen molar-refractivity contribution in [2.45, 2.75) is 20.4 Å². The molecule has 0 aliphatic carbocycles. The fraction of sp³-hybridized carbons (Fsp3) is 0.143. The highest BCUT2D eigenvalue weighted by Gasteiger charge is 2.09.